The third kappa shape index (κ3) is 6.35. The number of nitrogens with zero attached hydrogens (tertiary/aromatic N) is 3. The minimum Gasteiger partial charge on any atom is -0.459 e. The third-order valence-electron chi connectivity index (χ3n) is 4.65. The summed E-state index contributed by atoms with van der Waals surface area (Å²) in [6, 6.07) is 3.29. The lowest BCUT2D eigenvalue weighted by Crippen LogP contribution is -2.51. The predicted octanol–water partition coefficient (Wildman–Crippen LogP) is 1.26. The summed E-state index contributed by atoms with van der Waals surface area (Å²) in [5.41, 5.74) is 0. The van der Waals surface area contributed by atoms with Crippen molar-refractivity contribution in [1.29, 1.82) is 0 Å². The van der Waals surface area contributed by atoms with Crippen LogP contribution in [0.4, 0.5) is 0 Å². The van der Waals surface area contributed by atoms with Crippen LogP contribution in [-0.2, 0) is 14.8 Å². The van der Waals surface area contributed by atoms with Gasteiger partial charge in [0.05, 0.1) is 12.5 Å². The smallest absolute Gasteiger partial charge is 0.289 e. The number of carbonyl (C=O) groups is 2. The van der Waals surface area contributed by atoms with Gasteiger partial charge in [-0.2, -0.15) is 0 Å². The second-order valence-electron chi connectivity index (χ2n) is 7.24. The highest BCUT2D eigenvalue weighted by Crippen LogP contribution is 2.12. The van der Waals surface area contributed by atoms with Gasteiger partial charge in [0.15, 0.2) is 5.76 Å². The van der Waals surface area contributed by atoms with Crippen LogP contribution in [0, 0.1) is 5.92 Å². The Labute approximate surface area is 161 Å². The second-order valence-corrected chi connectivity index (χ2v) is 9.23. The van der Waals surface area contributed by atoms with Crippen molar-refractivity contribution in [3.63, 3.8) is 0 Å². The van der Waals surface area contributed by atoms with Crippen molar-refractivity contribution in [1.82, 2.24) is 14.1 Å². The Kier molecular flexibility index (Phi) is 7.43. The van der Waals surface area contributed by atoms with Crippen LogP contribution in [0.15, 0.2) is 22.8 Å². The molecule has 0 unspecified atom stereocenters. The van der Waals surface area contributed by atoms with Gasteiger partial charge in [0, 0.05) is 45.7 Å². The molecule has 9 heteroatoms. The molecule has 0 atom stereocenters. The Morgan fingerprint density at radius 2 is 1.78 bits per heavy atom. The largest absolute Gasteiger partial charge is 0.459 e. The van der Waals surface area contributed by atoms with Gasteiger partial charge >= 0.3 is 0 Å². The molecular weight excluding hydrogens is 370 g/mol. The third-order valence-corrected chi connectivity index (χ3v) is 5.95. The number of rotatable bonds is 8. The molecule has 1 aliphatic rings. The van der Waals surface area contributed by atoms with Crippen molar-refractivity contribution in [3.05, 3.63) is 24.2 Å². The fourth-order valence-electron chi connectivity index (χ4n) is 2.94. The fourth-order valence-corrected chi connectivity index (χ4v) is 3.80. The van der Waals surface area contributed by atoms with Gasteiger partial charge in [-0.05, 0) is 24.5 Å². The van der Waals surface area contributed by atoms with Crippen molar-refractivity contribution in [2.24, 2.45) is 5.92 Å². The van der Waals surface area contributed by atoms with Crippen molar-refractivity contribution >= 4 is 21.8 Å². The Balaban J connectivity index is 1.82. The van der Waals surface area contributed by atoms with Crippen LogP contribution < -0.4 is 0 Å². The summed E-state index contributed by atoms with van der Waals surface area (Å²) in [5.74, 6) is 0.427. The summed E-state index contributed by atoms with van der Waals surface area (Å²) in [4.78, 5) is 28.1. The molecule has 1 aromatic rings. The number of amides is 2. The first-order valence-electron chi connectivity index (χ1n) is 9.24. The quantitative estimate of drug-likeness (QED) is 0.656. The Hall–Kier alpha value is -1.87. The van der Waals surface area contributed by atoms with Crippen LogP contribution in [0.2, 0.25) is 0 Å². The first-order valence-corrected chi connectivity index (χ1v) is 11.1. The van der Waals surface area contributed by atoms with Crippen LogP contribution in [-0.4, -0.2) is 79.9 Å². The first-order chi connectivity index (χ1) is 12.7. The highest BCUT2D eigenvalue weighted by Gasteiger charge is 2.27. The van der Waals surface area contributed by atoms with E-state index in [-0.39, 0.29) is 24.8 Å². The van der Waals surface area contributed by atoms with E-state index >= 15 is 0 Å². The molecule has 0 N–H and O–H groups in total. The zero-order valence-electron chi connectivity index (χ0n) is 16.3. The standard InChI is InChI=1S/C18H29N3O5S/c1-15(2)6-8-21(27(3,24)25)9-7-17(22)19-10-12-20(13-11-19)18(23)16-5-4-14-26-16/h4-5,14-15H,6-13H2,1-3H3. The van der Waals surface area contributed by atoms with E-state index in [0.717, 1.165) is 6.42 Å². The van der Waals surface area contributed by atoms with Crippen molar-refractivity contribution < 1.29 is 22.4 Å². The Morgan fingerprint density at radius 1 is 1.15 bits per heavy atom. The van der Waals surface area contributed by atoms with Crippen LogP contribution in [0.3, 0.4) is 0 Å². The van der Waals surface area contributed by atoms with Gasteiger partial charge in [-0.3, -0.25) is 9.59 Å². The number of furan rings is 1. The molecule has 2 heterocycles. The SMILES string of the molecule is CC(C)CCN(CCC(=O)N1CCN(C(=O)c2ccco2)CC1)S(C)(=O)=O. The van der Waals surface area contributed by atoms with Crippen LogP contribution in [0.25, 0.3) is 0 Å². The number of carbonyl (C=O) groups excluding carboxylic acids is 2. The predicted molar refractivity (Wildman–Crippen MR) is 102 cm³/mol. The Bertz CT molecular complexity index is 722. The number of piperazine rings is 1. The zero-order chi connectivity index (χ0) is 20.0. The highest BCUT2D eigenvalue weighted by atomic mass is 32.2. The Morgan fingerprint density at radius 3 is 2.30 bits per heavy atom. The van der Waals surface area contributed by atoms with E-state index < -0.39 is 10.0 Å². The average Bonchev–Trinajstić information content (AvgIpc) is 3.14. The van der Waals surface area contributed by atoms with Gasteiger partial charge in [-0.15, -0.1) is 0 Å². The number of sulfonamides is 1. The lowest BCUT2D eigenvalue weighted by molar-refractivity contribution is -0.132. The summed E-state index contributed by atoms with van der Waals surface area (Å²) in [6.45, 7) is 6.45. The van der Waals surface area contributed by atoms with E-state index in [1.165, 1.54) is 16.8 Å². The van der Waals surface area contributed by atoms with Crippen LogP contribution in [0.1, 0.15) is 37.2 Å². The zero-order valence-corrected chi connectivity index (χ0v) is 17.1. The van der Waals surface area contributed by atoms with E-state index in [1.54, 1.807) is 21.9 Å². The molecule has 1 saturated heterocycles. The molecule has 1 aliphatic heterocycles. The van der Waals surface area contributed by atoms with E-state index in [4.69, 9.17) is 4.42 Å². The van der Waals surface area contributed by atoms with E-state index in [0.29, 0.717) is 44.4 Å². The second kappa shape index (κ2) is 9.36. The van der Waals surface area contributed by atoms with Crippen LogP contribution in [0.5, 0.6) is 0 Å². The summed E-state index contributed by atoms with van der Waals surface area (Å²) >= 11 is 0. The first kappa shape index (κ1) is 21.4. The molecule has 0 spiro atoms. The van der Waals surface area contributed by atoms with Gasteiger partial charge in [0.25, 0.3) is 5.91 Å². The summed E-state index contributed by atoms with van der Waals surface area (Å²) in [5, 5.41) is 0. The average molecular weight is 400 g/mol. The van der Waals surface area contributed by atoms with Crippen molar-refractivity contribution in [2.75, 3.05) is 45.5 Å². The maximum Gasteiger partial charge on any atom is 0.289 e. The molecule has 1 aromatic heterocycles. The van der Waals surface area contributed by atoms with E-state index in [2.05, 4.69) is 0 Å². The summed E-state index contributed by atoms with van der Waals surface area (Å²) < 4.78 is 30.3. The number of hydrogen-bond acceptors (Lipinski definition) is 5. The van der Waals surface area contributed by atoms with Gasteiger partial charge in [0.2, 0.25) is 15.9 Å². The molecule has 1 fully saturated rings. The fraction of sp³-hybridized carbons (Fsp3) is 0.667. The minimum atomic E-state index is -3.33. The topological polar surface area (TPSA) is 91.1 Å². The maximum atomic E-state index is 12.5. The van der Waals surface area contributed by atoms with Gasteiger partial charge in [-0.25, -0.2) is 12.7 Å². The molecule has 0 aromatic carbocycles. The van der Waals surface area contributed by atoms with Gasteiger partial charge in [-0.1, -0.05) is 13.8 Å². The molecule has 0 aliphatic carbocycles. The van der Waals surface area contributed by atoms with Crippen molar-refractivity contribution in [3.8, 4) is 0 Å². The highest BCUT2D eigenvalue weighted by molar-refractivity contribution is 7.88. The summed E-state index contributed by atoms with van der Waals surface area (Å²) in [6.07, 6.45) is 3.54. The molecule has 8 nitrogen and oxygen atoms in total. The molecule has 27 heavy (non-hydrogen) atoms. The van der Waals surface area contributed by atoms with E-state index in [1.807, 2.05) is 13.8 Å². The van der Waals surface area contributed by atoms with Gasteiger partial charge in [0.1, 0.15) is 0 Å². The summed E-state index contributed by atoms with van der Waals surface area (Å²) in [7, 11) is -3.33. The maximum absolute atomic E-state index is 12.5. The van der Waals surface area contributed by atoms with E-state index in [9.17, 15) is 18.0 Å². The molecule has 0 saturated carbocycles. The normalized spacial score (nSPS) is 15.6. The lowest BCUT2D eigenvalue weighted by atomic mass is 10.1. The van der Waals surface area contributed by atoms with Crippen LogP contribution >= 0.6 is 0 Å². The minimum absolute atomic E-state index is 0.0849. The van der Waals surface area contributed by atoms with Gasteiger partial charge < -0.3 is 14.2 Å². The molecule has 0 bridgehead atoms. The number of hydrogen-bond donors (Lipinski definition) is 0. The molecule has 2 amide bonds. The monoisotopic (exact) mass is 399 g/mol. The molecule has 0 radical (unpaired) electrons. The molecular formula is C18H29N3O5S. The van der Waals surface area contributed by atoms with Crippen molar-refractivity contribution in [2.45, 2.75) is 26.7 Å². The molecule has 152 valence electrons. The lowest BCUT2D eigenvalue weighted by Gasteiger charge is -2.34. The molecule has 2 rings (SSSR count).